The monoisotopic (exact) mass is 293 g/mol. The maximum atomic E-state index is 13.6. The van der Waals surface area contributed by atoms with Crippen LogP contribution in [-0.4, -0.2) is 19.5 Å². The molecule has 1 amide bonds. The van der Waals surface area contributed by atoms with Crippen molar-refractivity contribution in [3.8, 4) is 0 Å². The molecular weight excluding hydrogens is 275 g/mol. The number of quaternary nitrogens is 1. The number of benzene rings is 1. The molecule has 0 spiro atoms. The lowest BCUT2D eigenvalue weighted by Crippen LogP contribution is -3.08. The van der Waals surface area contributed by atoms with Gasteiger partial charge < -0.3 is 10.2 Å². The molecule has 1 heterocycles. The van der Waals surface area contributed by atoms with Crippen LogP contribution in [0.25, 0.3) is 0 Å². The molecule has 1 unspecified atom stereocenters. The zero-order valence-corrected chi connectivity index (χ0v) is 12.4. The van der Waals surface area contributed by atoms with Crippen molar-refractivity contribution in [2.24, 2.45) is 0 Å². The number of hydrogen-bond acceptors (Lipinski definition) is 2. The Labute approximate surface area is 122 Å². The molecule has 3 nitrogen and oxygen atoms in total. The summed E-state index contributed by atoms with van der Waals surface area (Å²) in [6.07, 6.45) is 0. The van der Waals surface area contributed by atoms with Crippen LogP contribution in [0.3, 0.4) is 0 Å². The van der Waals surface area contributed by atoms with Crippen LogP contribution in [-0.2, 0) is 11.3 Å². The summed E-state index contributed by atoms with van der Waals surface area (Å²) in [4.78, 5) is 14.2. The zero-order valence-electron chi connectivity index (χ0n) is 11.6. The molecule has 1 atom stereocenters. The Bertz CT molecular complexity index is 584. The highest BCUT2D eigenvalue weighted by Crippen LogP contribution is 2.14. The van der Waals surface area contributed by atoms with Crippen LogP contribution in [0, 0.1) is 12.7 Å². The van der Waals surface area contributed by atoms with Crippen LogP contribution in [0.15, 0.2) is 35.7 Å². The van der Waals surface area contributed by atoms with Gasteiger partial charge in [-0.2, -0.15) is 0 Å². The van der Waals surface area contributed by atoms with Gasteiger partial charge in [0.2, 0.25) is 0 Å². The molecule has 1 aromatic carbocycles. The van der Waals surface area contributed by atoms with E-state index in [-0.39, 0.29) is 11.6 Å². The molecule has 1 aromatic heterocycles. The minimum Gasteiger partial charge on any atom is -0.325 e. The molecule has 2 N–H and O–H groups in total. The van der Waals surface area contributed by atoms with Crippen LogP contribution in [0.2, 0.25) is 0 Å². The van der Waals surface area contributed by atoms with Crippen molar-refractivity contribution in [1.82, 2.24) is 0 Å². The minimum atomic E-state index is -0.394. The van der Waals surface area contributed by atoms with Gasteiger partial charge in [0, 0.05) is 0 Å². The van der Waals surface area contributed by atoms with Crippen molar-refractivity contribution in [2.45, 2.75) is 13.5 Å². The predicted molar refractivity (Wildman–Crippen MR) is 79.5 cm³/mol. The third kappa shape index (κ3) is 4.15. The number of nitrogens with one attached hydrogen (secondary N) is 2. The van der Waals surface area contributed by atoms with Gasteiger partial charge in [0.25, 0.3) is 5.91 Å². The SMILES string of the molecule is Cc1ccc(NC(=O)C[NH+](C)Cc2cccs2)c(F)c1. The fraction of sp³-hybridized carbons (Fsp3) is 0.267. The second-order valence-corrected chi connectivity index (χ2v) is 5.95. The van der Waals surface area contributed by atoms with E-state index in [1.165, 1.54) is 10.9 Å². The second kappa shape index (κ2) is 6.63. The van der Waals surface area contributed by atoms with Crippen molar-refractivity contribution in [2.75, 3.05) is 18.9 Å². The third-order valence-corrected chi connectivity index (χ3v) is 3.79. The highest BCUT2D eigenvalue weighted by Gasteiger charge is 2.13. The Kier molecular flexibility index (Phi) is 4.87. The van der Waals surface area contributed by atoms with Crippen LogP contribution in [0.4, 0.5) is 10.1 Å². The van der Waals surface area contributed by atoms with E-state index < -0.39 is 5.82 Å². The van der Waals surface area contributed by atoms with E-state index in [1.54, 1.807) is 23.5 Å². The van der Waals surface area contributed by atoms with E-state index in [9.17, 15) is 9.18 Å². The average molecular weight is 293 g/mol. The van der Waals surface area contributed by atoms with Gasteiger partial charge in [0.05, 0.1) is 17.6 Å². The molecule has 0 fully saturated rings. The highest BCUT2D eigenvalue weighted by atomic mass is 32.1. The fourth-order valence-corrected chi connectivity index (χ4v) is 2.78. The quantitative estimate of drug-likeness (QED) is 0.867. The first-order valence-electron chi connectivity index (χ1n) is 6.44. The largest absolute Gasteiger partial charge is 0.325 e. The molecule has 0 aliphatic heterocycles. The van der Waals surface area contributed by atoms with Gasteiger partial charge in [-0.05, 0) is 36.1 Å². The lowest BCUT2D eigenvalue weighted by Gasteiger charge is -2.13. The topological polar surface area (TPSA) is 33.5 Å². The van der Waals surface area contributed by atoms with Gasteiger partial charge in [0.15, 0.2) is 6.54 Å². The number of carbonyl (C=O) groups is 1. The molecule has 20 heavy (non-hydrogen) atoms. The molecule has 0 bridgehead atoms. The minimum absolute atomic E-state index is 0.179. The molecule has 2 aromatic rings. The Hall–Kier alpha value is -1.72. The number of halogens is 1. The van der Waals surface area contributed by atoms with Crippen LogP contribution >= 0.6 is 11.3 Å². The number of hydrogen-bond donors (Lipinski definition) is 2. The van der Waals surface area contributed by atoms with E-state index in [2.05, 4.69) is 5.32 Å². The van der Waals surface area contributed by atoms with Crippen molar-refractivity contribution in [3.63, 3.8) is 0 Å². The number of likely N-dealkylation sites (N-methyl/N-ethyl adjacent to an activating group) is 1. The lowest BCUT2D eigenvalue weighted by molar-refractivity contribution is -0.884. The van der Waals surface area contributed by atoms with Crippen molar-refractivity contribution in [1.29, 1.82) is 0 Å². The normalized spacial score (nSPS) is 12.2. The van der Waals surface area contributed by atoms with Gasteiger partial charge in [-0.15, -0.1) is 11.3 Å². The van der Waals surface area contributed by atoms with Crippen molar-refractivity contribution >= 4 is 22.9 Å². The molecule has 0 aliphatic carbocycles. The summed E-state index contributed by atoms with van der Waals surface area (Å²) in [6.45, 7) is 2.92. The van der Waals surface area contributed by atoms with E-state index in [4.69, 9.17) is 0 Å². The van der Waals surface area contributed by atoms with Crippen LogP contribution < -0.4 is 10.2 Å². The number of carbonyl (C=O) groups excluding carboxylic acids is 1. The standard InChI is InChI=1S/C15H17FN2OS/c1-11-5-6-14(13(16)8-11)17-15(19)10-18(2)9-12-4-3-7-20-12/h3-8H,9-10H2,1-2H3,(H,17,19)/p+1. The first-order chi connectivity index (χ1) is 9.54. The first kappa shape index (κ1) is 14.7. The van der Waals surface area contributed by atoms with Gasteiger partial charge >= 0.3 is 0 Å². The Morgan fingerprint density at radius 3 is 2.85 bits per heavy atom. The summed E-state index contributed by atoms with van der Waals surface area (Å²) in [6, 6.07) is 8.83. The number of thiophene rings is 1. The van der Waals surface area contributed by atoms with Crippen LogP contribution in [0.5, 0.6) is 0 Å². The van der Waals surface area contributed by atoms with E-state index in [0.29, 0.717) is 6.54 Å². The number of anilines is 1. The van der Waals surface area contributed by atoms with Crippen molar-refractivity contribution < 1.29 is 14.1 Å². The molecule has 0 radical (unpaired) electrons. The predicted octanol–water partition coefficient (Wildman–Crippen LogP) is 1.85. The third-order valence-electron chi connectivity index (χ3n) is 2.92. The maximum absolute atomic E-state index is 13.6. The summed E-state index contributed by atoms with van der Waals surface area (Å²) in [5.41, 5.74) is 1.07. The molecule has 0 saturated heterocycles. The fourth-order valence-electron chi connectivity index (χ4n) is 1.96. The Morgan fingerprint density at radius 1 is 1.40 bits per heavy atom. The number of aryl methyl sites for hydroxylation is 1. The molecule has 5 heteroatoms. The lowest BCUT2D eigenvalue weighted by atomic mass is 10.2. The van der Waals surface area contributed by atoms with Gasteiger partial charge in [-0.3, -0.25) is 4.79 Å². The zero-order chi connectivity index (χ0) is 14.5. The summed E-state index contributed by atoms with van der Waals surface area (Å²) in [5, 5.41) is 4.63. The molecule has 0 aliphatic rings. The van der Waals surface area contributed by atoms with Gasteiger partial charge in [-0.25, -0.2) is 4.39 Å². The second-order valence-electron chi connectivity index (χ2n) is 4.92. The Balaban J connectivity index is 1.88. The smallest absolute Gasteiger partial charge is 0.279 e. The number of rotatable bonds is 5. The molecular formula is C15H18FN2OS+. The van der Waals surface area contributed by atoms with Gasteiger partial charge in [0.1, 0.15) is 12.4 Å². The van der Waals surface area contributed by atoms with Crippen molar-refractivity contribution in [3.05, 3.63) is 52.0 Å². The molecule has 0 saturated carbocycles. The summed E-state index contributed by atoms with van der Waals surface area (Å²) >= 11 is 1.67. The molecule has 106 valence electrons. The highest BCUT2D eigenvalue weighted by molar-refractivity contribution is 7.09. The summed E-state index contributed by atoms with van der Waals surface area (Å²) < 4.78 is 13.6. The summed E-state index contributed by atoms with van der Waals surface area (Å²) in [5.74, 6) is -0.573. The van der Waals surface area contributed by atoms with Crippen LogP contribution in [0.1, 0.15) is 10.4 Å². The number of amides is 1. The maximum Gasteiger partial charge on any atom is 0.279 e. The average Bonchev–Trinajstić information content (AvgIpc) is 2.85. The molecule has 2 rings (SSSR count). The van der Waals surface area contributed by atoms with E-state index in [1.807, 2.05) is 31.5 Å². The summed E-state index contributed by atoms with van der Waals surface area (Å²) in [7, 11) is 1.95. The van der Waals surface area contributed by atoms with Gasteiger partial charge in [-0.1, -0.05) is 12.1 Å². The van der Waals surface area contributed by atoms with E-state index in [0.717, 1.165) is 17.0 Å². The Morgan fingerprint density at radius 2 is 2.20 bits per heavy atom. The van der Waals surface area contributed by atoms with E-state index >= 15 is 0 Å². The first-order valence-corrected chi connectivity index (χ1v) is 7.32.